The van der Waals surface area contributed by atoms with Crippen molar-refractivity contribution in [2.24, 2.45) is 50.1 Å². The van der Waals surface area contributed by atoms with Gasteiger partial charge in [0.2, 0.25) is 65.0 Å². The zero-order valence-electron chi connectivity index (χ0n) is 52.8. The summed E-state index contributed by atoms with van der Waals surface area (Å²) in [5.41, 5.74) is 39.6. The molecule has 93 heavy (non-hydrogen) atoms. The number of carbonyl (C=O) groups is 12. The van der Waals surface area contributed by atoms with Gasteiger partial charge in [0.05, 0.1) is 31.0 Å². The summed E-state index contributed by atoms with van der Waals surface area (Å²) in [7, 11) is 0. The fraction of sp³-hybridized carbons (Fsp3) is 0.643. The van der Waals surface area contributed by atoms with E-state index in [9.17, 15) is 83.1 Å². The smallest absolute Gasteiger partial charge is 0.328 e. The summed E-state index contributed by atoms with van der Waals surface area (Å²) in [5, 5.41) is 77.9. The Morgan fingerprint density at radius 3 is 1.33 bits per heavy atom. The van der Waals surface area contributed by atoms with Crippen LogP contribution in [0.3, 0.4) is 0 Å². The number of carbonyl (C=O) groups excluding carboxylic acids is 11. The third-order valence-corrected chi connectivity index (χ3v) is 14.4. The second-order valence-corrected chi connectivity index (χ2v) is 22.5. The van der Waals surface area contributed by atoms with Crippen LogP contribution < -0.4 is 98.6 Å². The molecular formula is C56H96N20O17. The van der Waals surface area contributed by atoms with Crippen molar-refractivity contribution >= 4 is 82.9 Å². The van der Waals surface area contributed by atoms with Gasteiger partial charge in [0.15, 0.2) is 18.0 Å². The van der Waals surface area contributed by atoms with Crippen molar-refractivity contribution < 1.29 is 83.1 Å². The van der Waals surface area contributed by atoms with E-state index in [0.717, 1.165) is 19.4 Å². The fourth-order valence-electron chi connectivity index (χ4n) is 9.03. The molecule has 2 rings (SSSR count). The molecule has 0 aromatic heterocycles. The van der Waals surface area contributed by atoms with Crippen LogP contribution in [0.25, 0.3) is 0 Å². The molecule has 522 valence electrons. The number of aliphatic hydroxyl groups excluding tert-OH is 4. The molecule has 0 bridgehead atoms. The van der Waals surface area contributed by atoms with E-state index >= 15 is 0 Å². The van der Waals surface area contributed by atoms with Gasteiger partial charge in [-0.1, -0.05) is 30.3 Å². The van der Waals surface area contributed by atoms with E-state index < -0.39 is 175 Å². The zero-order chi connectivity index (χ0) is 70.2. The molecule has 0 saturated heterocycles. The number of nitrogens with two attached hydrogens (primary N) is 7. The molecular weight excluding hydrogens is 1220 g/mol. The third kappa shape index (κ3) is 29.5. The first-order valence-electron chi connectivity index (χ1n) is 30.3. The maximum absolute atomic E-state index is 14.5. The number of carboxylic acid groups (broad SMARTS) is 1. The van der Waals surface area contributed by atoms with Crippen molar-refractivity contribution in [1.29, 1.82) is 0 Å². The van der Waals surface area contributed by atoms with Gasteiger partial charge in [0.25, 0.3) is 0 Å². The number of nitrogens with zero attached hydrogens (tertiary/aromatic N) is 2. The highest BCUT2D eigenvalue weighted by Crippen LogP contribution is 2.40. The van der Waals surface area contributed by atoms with Crippen molar-refractivity contribution in [1.82, 2.24) is 58.5 Å². The van der Waals surface area contributed by atoms with Gasteiger partial charge in [-0.15, -0.1) is 0 Å². The number of hydrogen-bond acceptors (Lipinski definition) is 21. The summed E-state index contributed by atoms with van der Waals surface area (Å²) in [4.78, 5) is 169. The summed E-state index contributed by atoms with van der Waals surface area (Å²) in [6.07, 6.45) is -5.01. The van der Waals surface area contributed by atoms with Gasteiger partial charge in [0, 0.05) is 38.0 Å². The maximum atomic E-state index is 14.5. The monoisotopic (exact) mass is 1320 g/mol. The van der Waals surface area contributed by atoms with Crippen molar-refractivity contribution in [2.75, 3.05) is 32.8 Å². The SMILES string of the molecule is C[C@H](N)C(=O)N[C@@H](CCCN=C(N)N)C(=O)N[C@H](C(=O)N[C@@H](CN[C@@H]1C[C@H]1c1ccccc1)C(=O)N[C@@H](CCC(N)=O)C(=O)N[C@H](C(=O)N[C@@H](C)C(=O)N[C@@H](CCCN=C(N)N)C(=O)N[C@@H](CCCCN)C(=O)N[C@@H](CO)C(=O)N[C@H](C(=O)O)[C@@H](C)O)[C@@H](C)O)[C@@H](C)O. The Balaban J connectivity index is 2.45. The molecule has 0 spiro atoms. The molecule has 0 radical (unpaired) electrons. The van der Waals surface area contributed by atoms with Crippen LogP contribution >= 0.6 is 0 Å². The number of primary amides is 1. The Hall–Kier alpha value is -8.88. The molecule has 0 aliphatic heterocycles. The number of hydrogen-bond donors (Lipinski definition) is 23. The number of guanidine groups is 2. The van der Waals surface area contributed by atoms with E-state index in [1.165, 1.54) is 20.8 Å². The van der Waals surface area contributed by atoms with Gasteiger partial charge in [0.1, 0.15) is 54.4 Å². The predicted molar refractivity (Wildman–Crippen MR) is 335 cm³/mol. The van der Waals surface area contributed by atoms with Crippen LogP contribution in [-0.4, -0.2) is 232 Å². The molecule has 1 aromatic rings. The summed E-state index contributed by atoms with van der Waals surface area (Å²) in [6.45, 7) is 4.68. The molecule has 0 heterocycles. The van der Waals surface area contributed by atoms with Gasteiger partial charge in [-0.25, -0.2) is 4.79 Å². The summed E-state index contributed by atoms with van der Waals surface area (Å²) >= 11 is 0. The Morgan fingerprint density at radius 1 is 0.495 bits per heavy atom. The largest absolute Gasteiger partial charge is 0.480 e. The standard InChI is InChI=1S/C56H96N20O17/c1-26(58)44(82)68-35(17-12-22-65-56(62)63)48(86)75-42(29(4)79)53(91)72-38(24-66-37-23-32(37)31-13-7-6-8-14-31)50(88)71-36(18-19-40(59)81)49(87)74-41(28(3)78)52(90)67-27(2)45(83)69-34(16-11-21-64-55(60)61)46(84)70-33(15-9-10-20-57)47(85)73-39(25-77)51(89)76-43(30(5)80)54(92)93/h6-8,13-14,26-30,32-39,41-43,66,77-80H,9-12,15-25,57-58H2,1-5H3,(H2,59,81)(H,67,90)(H,68,82)(H,69,83)(H,70,84)(H,71,88)(H,72,91)(H,73,85)(H,74,87)(H,75,86)(H,76,89)(H,92,93)(H4,60,61,64)(H4,62,63,65)/t26-,27-,28+,29+,30+,32-,33-,34-,35-,36-,37+,38-,39-,41-,42-,43-/m0/s1. The van der Waals surface area contributed by atoms with Gasteiger partial charge >= 0.3 is 5.97 Å². The molecule has 30 N–H and O–H groups in total. The number of aliphatic carboxylic acids is 1. The quantitative estimate of drug-likeness (QED) is 0.0164. The number of carboxylic acids is 1. The Morgan fingerprint density at radius 2 is 0.892 bits per heavy atom. The number of unbranched alkanes of at least 4 members (excludes halogenated alkanes) is 1. The molecule has 16 atom stereocenters. The highest BCUT2D eigenvalue weighted by Gasteiger charge is 2.41. The molecule has 37 heteroatoms. The van der Waals surface area contributed by atoms with Crippen LogP contribution in [0, 0.1) is 0 Å². The predicted octanol–water partition coefficient (Wildman–Crippen LogP) is -9.93. The third-order valence-electron chi connectivity index (χ3n) is 14.4. The number of benzene rings is 1. The molecule has 1 saturated carbocycles. The van der Waals surface area contributed by atoms with Gasteiger partial charge in [-0.05, 0) is 105 Å². The lowest BCUT2D eigenvalue weighted by Gasteiger charge is -2.29. The van der Waals surface area contributed by atoms with Crippen LogP contribution in [0.4, 0.5) is 0 Å². The number of rotatable bonds is 44. The maximum Gasteiger partial charge on any atom is 0.328 e. The zero-order valence-corrected chi connectivity index (χ0v) is 52.8. The second kappa shape index (κ2) is 40.9. The van der Waals surface area contributed by atoms with Crippen molar-refractivity contribution in [3.63, 3.8) is 0 Å². The van der Waals surface area contributed by atoms with Gasteiger partial charge in [-0.3, -0.25) is 62.7 Å². The number of aliphatic hydroxyl groups is 4. The molecule has 37 nitrogen and oxygen atoms in total. The summed E-state index contributed by atoms with van der Waals surface area (Å²) < 4.78 is 0. The van der Waals surface area contributed by atoms with Crippen molar-refractivity contribution in [3.05, 3.63) is 35.9 Å². The van der Waals surface area contributed by atoms with E-state index in [0.29, 0.717) is 12.8 Å². The topological polar surface area (TPSA) is 645 Å². The van der Waals surface area contributed by atoms with Crippen LogP contribution in [0.2, 0.25) is 0 Å². The van der Waals surface area contributed by atoms with Gasteiger partial charge < -0.3 is 124 Å². The van der Waals surface area contributed by atoms with Crippen molar-refractivity contribution in [2.45, 2.75) is 196 Å². The minimum atomic E-state index is -1.91. The van der Waals surface area contributed by atoms with E-state index in [1.54, 1.807) is 0 Å². The Bertz CT molecular complexity index is 2730. The number of aliphatic imine (C=N–C) groups is 2. The first-order valence-corrected chi connectivity index (χ1v) is 30.3. The number of amides is 11. The fourth-order valence-corrected chi connectivity index (χ4v) is 9.03. The lowest BCUT2D eigenvalue weighted by Crippen LogP contribution is -2.63. The lowest BCUT2D eigenvalue weighted by atomic mass is 10.0. The average Bonchev–Trinajstić information content (AvgIpc) is 1.69. The summed E-state index contributed by atoms with van der Waals surface area (Å²) in [6, 6.07) is -8.50. The van der Waals surface area contributed by atoms with Crippen LogP contribution in [0.5, 0.6) is 0 Å². The average molecular weight is 1320 g/mol. The molecule has 1 aliphatic carbocycles. The minimum Gasteiger partial charge on any atom is -0.480 e. The van der Waals surface area contributed by atoms with Crippen molar-refractivity contribution in [3.8, 4) is 0 Å². The highest BCUT2D eigenvalue weighted by atomic mass is 16.4. The summed E-state index contributed by atoms with van der Waals surface area (Å²) in [5.74, 6) is -13.5. The Labute approximate surface area is 537 Å². The molecule has 1 aliphatic rings. The van der Waals surface area contributed by atoms with E-state index in [-0.39, 0.29) is 88.6 Å². The van der Waals surface area contributed by atoms with E-state index in [2.05, 4.69) is 63.2 Å². The molecule has 1 fully saturated rings. The van der Waals surface area contributed by atoms with Crippen LogP contribution in [0.1, 0.15) is 110 Å². The van der Waals surface area contributed by atoms with E-state index in [1.807, 2.05) is 35.6 Å². The van der Waals surface area contributed by atoms with Crippen LogP contribution in [0.15, 0.2) is 40.3 Å². The lowest BCUT2D eigenvalue weighted by molar-refractivity contribution is -0.145. The molecule has 11 amide bonds. The minimum absolute atomic E-state index is 0.00651. The molecule has 0 unspecified atom stereocenters. The normalized spacial score (nSPS) is 17.8. The van der Waals surface area contributed by atoms with Gasteiger partial charge in [-0.2, -0.15) is 0 Å². The van der Waals surface area contributed by atoms with E-state index in [4.69, 9.17) is 40.1 Å². The Kier molecular flexibility index (Phi) is 35.2. The first kappa shape index (κ1) is 80.2. The highest BCUT2D eigenvalue weighted by molar-refractivity contribution is 5.99. The molecule has 1 aromatic carbocycles. The second-order valence-electron chi connectivity index (χ2n) is 22.5. The van der Waals surface area contributed by atoms with Crippen LogP contribution in [-0.2, 0) is 57.5 Å². The first-order chi connectivity index (χ1) is 43.7. The number of nitrogens with one attached hydrogen (secondary N) is 11.